The summed E-state index contributed by atoms with van der Waals surface area (Å²) in [7, 11) is 0. The van der Waals surface area contributed by atoms with Crippen molar-refractivity contribution < 1.29 is 17.9 Å². The van der Waals surface area contributed by atoms with Gasteiger partial charge in [0, 0.05) is 24.8 Å². The number of hydrogen-bond donors (Lipinski definition) is 1. The van der Waals surface area contributed by atoms with Crippen molar-refractivity contribution in [3.8, 4) is 17.9 Å². The highest BCUT2D eigenvalue weighted by atomic mass is 19.4. The largest absolute Gasteiger partial charge is 0.406 e. The molecule has 0 aliphatic carbocycles. The number of fused-ring (bicyclic) bond motifs is 1. The Hall–Kier alpha value is -3.56. The smallest absolute Gasteiger partial charge is 0.381 e. The van der Waals surface area contributed by atoms with E-state index in [0.29, 0.717) is 22.7 Å². The van der Waals surface area contributed by atoms with Gasteiger partial charge >= 0.3 is 6.18 Å². The van der Waals surface area contributed by atoms with Crippen LogP contribution in [0.2, 0.25) is 0 Å². The van der Waals surface area contributed by atoms with E-state index < -0.39 is 18.1 Å². The molecule has 194 valence electrons. The highest BCUT2D eigenvalue weighted by Gasteiger charge is 2.30. The van der Waals surface area contributed by atoms with Gasteiger partial charge in [-0.05, 0) is 81.2 Å². The fraction of sp³-hybridized carbons (Fsp3) is 0.464. The molecule has 0 saturated carbocycles. The molecule has 9 heteroatoms. The first kappa shape index (κ1) is 26.5. The lowest BCUT2D eigenvalue weighted by Crippen LogP contribution is -2.19. The van der Waals surface area contributed by atoms with Crippen molar-refractivity contribution in [1.29, 1.82) is 5.26 Å². The normalized spacial score (nSPS) is 14.7. The number of hydrogen-bond acceptors (Lipinski definition) is 5. The zero-order valence-corrected chi connectivity index (χ0v) is 21.0. The van der Waals surface area contributed by atoms with E-state index in [0.717, 1.165) is 49.0 Å². The summed E-state index contributed by atoms with van der Waals surface area (Å²) in [5.74, 6) is 6.39. The summed E-state index contributed by atoms with van der Waals surface area (Å²) in [5, 5.41) is 13.0. The molecule has 0 unspecified atom stereocenters. The van der Waals surface area contributed by atoms with Crippen LogP contribution >= 0.6 is 0 Å². The van der Waals surface area contributed by atoms with Crippen LogP contribution in [0.3, 0.4) is 0 Å². The molecule has 4 rings (SSSR count). The average Bonchev–Trinajstić information content (AvgIpc) is 3.21. The third-order valence-electron chi connectivity index (χ3n) is 6.59. The predicted molar refractivity (Wildman–Crippen MR) is 136 cm³/mol. The molecule has 0 bridgehead atoms. The van der Waals surface area contributed by atoms with Crippen molar-refractivity contribution in [2.75, 3.05) is 25.1 Å². The molecule has 1 saturated heterocycles. The van der Waals surface area contributed by atoms with E-state index in [9.17, 15) is 18.4 Å². The quantitative estimate of drug-likeness (QED) is 0.419. The number of anilines is 1. The van der Waals surface area contributed by atoms with Crippen molar-refractivity contribution >= 4 is 16.7 Å². The lowest BCUT2D eigenvalue weighted by molar-refractivity contribution is -0.140. The van der Waals surface area contributed by atoms with E-state index in [1.807, 2.05) is 6.07 Å². The second-order valence-corrected chi connectivity index (χ2v) is 9.91. The van der Waals surface area contributed by atoms with Gasteiger partial charge in [0.25, 0.3) is 0 Å². The summed E-state index contributed by atoms with van der Waals surface area (Å²) in [6.45, 7) is 4.24. The number of nitrogens with one attached hydrogen (secondary N) is 1. The monoisotopic (exact) mass is 509 g/mol. The maximum absolute atomic E-state index is 13.3. The number of rotatable bonds is 7. The zero-order chi connectivity index (χ0) is 26.5. The molecule has 1 N–H and O–H groups in total. The van der Waals surface area contributed by atoms with Crippen LogP contribution < -0.4 is 5.32 Å². The number of nitrogens with zero attached hydrogens (tertiary/aromatic N) is 4. The van der Waals surface area contributed by atoms with Gasteiger partial charge in [0.2, 0.25) is 0 Å². The number of pyridine rings is 2. The van der Waals surface area contributed by atoms with Crippen LogP contribution in [0.15, 0.2) is 36.7 Å². The van der Waals surface area contributed by atoms with Crippen molar-refractivity contribution in [1.82, 2.24) is 14.5 Å². The van der Waals surface area contributed by atoms with Gasteiger partial charge in [0.15, 0.2) is 0 Å². The van der Waals surface area contributed by atoms with Crippen LogP contribution in [0.4, 0.5) is 18.9 Å². The predicted octanol–water partition coefficient (Wildman–Crippen LogP) is 5.62. The standard InChI is InChI=1S/C28H30F3N5O/c1-27(2,18-32)25-8-7-23(17-34-25)33-11-3-4-24-15-22-14-21(6-5-20-9-12-37-13-10-20)16-35-26(22)36(24)19-28(29,30)31/h7-8,14-17,20,33H,5-6,9-13,19H2,1-2H3. The first-order valence-corrected chi connectivity index (χ1v) is 12.4. The molecule has 3 aromatic rings. The molecular weight excluding hydrogens is 479 g/mol. The minimum Gasteiger partial charge on any atom is -0.381 e. The summed E-state index contributed by atoms with van der Waals surface area (Å²) in [4.78, 5) is 8.70. The van der Waals surface area contributed by atoms with Crippen LogP contribution in [-0.4, -0.2) is 40.5 Å². The number of alkyl halides is 3. The first-order chi connectivity index (χ1) is 17.6. The Labute approximate surface area is 214 Å². The summed E-state index contributed by atoms with van der Waals surface area (Å²) >= 11 is 0. The third kappa shape index (κ3) is 7.02. The molecule has 1 fully saturated rings. The molecule has 1 aliphatic heterocycles. The molecule has 0 spiro atoms. The van der Waals surface area contributed by atoms with E-state index in [1.165, 1.54) is 0 Å². The summed E-state index contributed by atoms with van der Waals surface area (Å²) in [6.07, 6.45) is 2.84. The first-order valence-electron chi connectivity index (χ1n) is 12.4. The topological polar surface area (TPSA) is 75.8 Å². The van der Waals surface area contributed by atoms with Gasteiger partial charge in [-0.15, -0.1) is 0 Å². The maximum Gasteiger partial charge on any atom is 0.406 e. The Morgan fingerprint density at radius 3 is 2.59 bits per heavy atom. The molecule has 1 aliphatic rings. The zero-order valence-electron chi connectivity index (χ0n) is 21.0. The van der Waals surface area contributed by atoms with Crippen molar-refractivity contribution in [2.45, 2.75) is 57.7 Å². The van der Waals surface area contributed by atoms with Crippen molar-refractivity contribution in [3.63, 3.8) is 0 Å². The number of halogens is 3. The van der Waals surface area contributed by atoms with Gasteiger partial charge < -0.3 is 14.6 Å². The van der Waals surface area contributed by atoms with Gasteiger partial charge in [0.05, 0.1) is 41.3 Å². The van der Waals surface area contributed by atoms with Crippen molar-refractivity contribution in [3.05, 3.63) is 53.6 Å². The Morgan fingerprint density at radius 2 is 1.92 bits per heavy atom. The van der Waals surface area contributed by atoms with E-state index >= 15 is 0 Å². The summed E-state index contributed by atoms with van der Waals surface area (Å²) in [6, 6.07) is 9.38. The van der Waals surface area contributed by atoms with Gasteiger partial charge in [0.1, 0.15) is 12.2 Å². The molecular formula is C28H30F3N5O. The minimum atomic E-state index is -4.39. The molecule has 6 nitrogen and oxygen atoms in total. The van der Waals surface area contributed by atoms with Gasteiger partial charge in [-0.2, -0.15) is 18.4 Å². The van der Waals surface area contributed by atoms with Crippen LogP contribution in [-0.2, 0) is 23.1 Å². The van der Waals surface area contributed by atoms with Crippen molar-refractivity contribution in [2.24, 2.45) is 5.92 Å². The highest BCUT2D eigenvalue weighted by Crippen LogP contribution is 2.26. The van der Waals surface area contributed by atoms with E-state index in [1.54, 1.807) is 44.4 Å². The van der Waals surface area contributed by atoms with E-state index in [2.05, 4.69) is 33.2 Å². The van der Waals surface area contributed by atoms with Gasteiger partial charge in [-0.1, -0.05) is 5.92 Å². The Balaban J connectivity index is 1.48. The molecule has 4 heterocycles. The fourth-order valence-corrected chi connectivity index (χ4v) is 4.38. The molecule has 0 aromatic carbocycles. The number of ether oxygens (including phenoxy) is 1. The van der Waals surface area contributed by atoms with Gasteiger partial charge in [-0.3, -0.25) is 4.98 Å². The lowest BCUT2D eigenvalue weighted by Gasteiger charge is -2.21. The highest BCUT2D eigenvalue weighted by molar-refractivity contribution is 5.79. The second-order valence-electron chi connectivity index (χ2n) is 9.91. The second kappa shape index (κ2) is 11.2. The Bertz CT molecular complexity index is 1320. The molecule has 3 aromatic heterocycles. The molecule has 0 radical (unpaired) electrons. The lowest BCUT2D eigenvalue weighted by atomic mass is 9.91. The summed E-state index contributed by atoms with van der Waals surface area (Å²) in [5.41, 5.74) is 2.24. The van der Waals surface area contributed by atoms with Crippen LogP contribution in [0, 0.1) is 29.1 Å². The fourth-order valence-electron chi connectivity index (χ4n) is 4.38. The number of nitriles is 1. The molecule has 37 heavy (non-hydrogen) atoms. The van der Waals surface area contributed by atoms with E-state index in [4.69, 9.17) is 4.74 Å². The van der Waals surface area contributed by atoms with Gasteiger partial charge in [-0.25, -0.2) is 4.98 Å². The Morgan fingerprint density at radius 1 is 1.14 bits per heavy atom. The SMILES string of the molecule is CC(C)(C#N)c1ccc(NCC#Cc2cc3cc(CCC4CCOCC4)cnc3n2CC(F)(F)F)cn1. The van der Waals surface area contributed by atoms with Crippen LogP contribution in [0.5, 0.6) is 0 Å². The Kier molecular flexibility index (Phi) is 8.04. The molecule has 0 amide bonds. The average molecular weight is 510 g/mol. The number of aromatic nitrogens is 3. The van der Waals surface area contributed by atoms with Crippen LogP contribution in [0.1, 0.15) is 50.1 Å². The van der Waals surface area contributed by atoms with Crippen LogP contribution in [0.25, 0.3) is 11.0 Å². The summed E-state index contributed by atoms with van der Waals surface area (Å²) < 4.78 is 46.6. The molecule has 0 atom stereocenters. The van der Waals surface area contributed by atoms with E-state index in [-0.39, 0.29) is 17.9 Å². The maximum atomic E-state index is 13.3. The minimum absolute atomic E-state index is 0.222. The third-order valence-corrected chi connectivity index (χ3v) is 6.59. The number of aryl methyl sites for hydroxylation is 1.